The van der Waals surface area contributed by atoms with Gasteiger partial charge in [-0.2, -0.15) is 0 Å². The van der Waals surface area contributed by atoms with E-state index in [1.165, 1.54) is 0 Å². The van der Waals surface area contributed by atoms with Gasteiger partial charge >= 0.3 is 0 Å². The van der Waals surface area contributed by atoms with Crippen molar-refractivity contribution in [2.45, 2.75) is 18.9 Å². The molecule has 0 aliphatic carbocycles. The molecule has 1 N–H and O–H groups in total. The van der Waals surface area contributed by atoms with Crippen LogP contribution < -0.4 is 5.32 Å². The Balaban J connectivity index is 1.85. The zero-order chi connectivity index (χ0) is 10.8. The van der Waals surface area contributed by atoms with Gasteiger partial charge in [-0.15, -0.1) is 0 Å². The van der Waals surface area contributed by atoms with Gasteiger partial charge in [-0.05, 0) is 25.0 Å². The van der Waals surface area contributed by atoms with Gasteiger partial charge in [-0.3, -0.25) is 4.40 Å². The molecule has 0 radical (unpaired) electrons. The Morgan fingerprint density at radius 3 is 3.06 bits per heavy atom. The Kier molecular flexibility index (Phi) is 2.50. The van der Waals surface area contributed by atoms with Crippen LogP contribution in [0.15, 0.2) is 30.6 Å². The van der Waals surface area contributed by atoms with E-state index in [0.29, 0.717) is 6.04 Å². The third-order valence-corrected chi connectivity index (χ3v) is 3.00. The quantitative estimate of drug-likeness (QED) is 0.835. The van der Waals surface area contributed by atoms with E-state index in [2.05, 4.69) is 20.8 Å². The van der Waals surface area contributed by atoms with Crippen LogP contribution in [0.3, 0.4) is 0 Å². The summed E-state index contributed by atoms with van der Waals surface area (Å²) in [6.07, 6.45) is 5.96. The van der Waals surface area contributed by atoms with Gasteiger partial charge in [0.15, 0.2) is 0 Å². The predicted molar refractivity (Wildman–Crippen MR) is 62.7 cm³/mol. The molecule has 1 saturated heterocycles. The van der Waals surface area contributed by atoms with Crippen LogP contribution in [0.2, 0.25) is 0 Å². The number of imidazole rings is 1. The van der Waals surface area contributed by atoms with Crippen LogP contribution in [0.5, 0.6) is 0 Å². The minimum absolute atomic E-state index is 0.516. The molecule has 1 fully saturated rings. The minimum atomic E-state index is 0.516. The Bertz CT molecular complexity index is 474. The summed E-state index contributed by atoms with van der Waals surface area (Å²) in [6.45, 7) is 1.72. The number of fused-ring (bicyclic) bond motifs is 1. The minimum Gasteiger partial charge on any atom is -0.381 e. The van der Waals surface area contributed by atoms with Gasteiger partial charge in [-0.25, -0.2) is 4.98 Å². The van der Waals surface area contributed by atoms with Gasteiger partial charge < -0.3 is 10.1 Å². The van der Waals surface area contributed by atoms with Crippen molar-refractivity contribution >= 4 is 11.5 Å². The fourth-order valence-electron chi connectivity index (χ4n) is 2.12. The SMILES string of the molecule is c1cc(NC2CCOCC2)n2ccnc2c1. The number of pyridine rings is 1. The molecule has 1 aliphatic rings. The summed E-state index contributed by atoms with van der Waals surface area (Å²) in [5, 5.41) is 3.55. The van der Waals surface area contributed by atoms with E-state index >= 15 is 0 Å². The van der Waals surface area contributed by atoms with Crippen molar-refractivity contribution in [1.82, 2.24) is 9.38 Å². The molecule has 4 nitrogen and oxygen atoms in total. The maximum atomic E-state index is 5.35. The van der Waals surface area contributed by atoms with E-state index in [1.807, 2.05) is 24.5 Å². The summed E-state index contributed by atoms with van der Waals surface area (Å²) in [4.78, 5) is 4.27. The molecule has 0 saturated carbocycles. The molecule has 0 aromatic carbocycles. The van der Waals surface area contributed by atoms with Crippen molar-refractivity contribution < 1.29 is 4.74 Å². The molecule has 3 heterocycles. The molecule has 4 heteroatoms. The van der Waals surface area contributed by atoms with E-state index in [9.17, 15) is 0 Å². The number of nitrogens with zero attached hydrogens (tertiary/aromatic N) is 2. The number of rotatable bonds is 2. The van der Waals surface area contributed by atoms with Gasteiger partial charge in [0.05, 0.1) is 0 Å². The monoisotopic (exact) mass is 217 g/mol. The third-order valence-electron chi connectivity index (χ3n) is 3.00. The summed E-state index contributed by atoms with van der Waals surface area (Å²) in [7, 11) is 0. The normalized spacial score (nSPS) is 17.8. The molecule has 0 amide bonds. The number of hydrogen-bond donors (Lipinski definition) is 1. The smallest absolute Gasteiger partial charge is 0.138 e. The average Bonchev–Trinajstić information content (AvgIpc) is 2.80. The van der Waals surface area contributed by atoms with Crippen LogP contribution >= 0.6 is 0 Å². The van der Waals surface area contributed by atoms with E-state index in [0.717, 1.165) is 37.5 Å². The molecular formula is C12H15N3O. The topological polar surface area (TPSA) is 38.6 Å². The van der Waals surface area contributed by atoms with Crippen LogP contribution in [-0.2, 0) is 4.74 Å². The average molecular weight is 217 g/mol. The highest BCUT2D eigenvalue weighted by molar-refractivity contribution is 5.50. The summed E-state index contributed by atoms with van der Waals surface area (Å²) in [6, 6.07) is 6.64. The maximum Gasteiger partial charge on any atom is 0.138 e. The van der Waals surface area contributed by atoms with Crippen molar-refractivity contribution in [3.8, 4) is 0 Å². The Labute approximate surface area is 94.3 Å². The molecule has 2 aromatic heterocycles. The van der Waals surface area contributed by atoms with Gasteiger partial charge in [0.1, 0.15) is 11.5 Å². The van der Waals surface area contributed by atoms with Crippen LogP contribution in [0.1, 0.15) is 12.8 Å². The van der Waals surface area contributed by atoms with Crippen molar-refractivity contribution in [3.63, 3.8) is 0 Å². The molecule has 84 valence electrons. The molecule has 16 heavy (non-hydrogen) atoms. The van der Waals surface area contributed by atoms with Gasteiger partial charge in [0.2, 0.25) is 0 Å². The summed E-state index contributed by atoms with van der Waals surface area (Å²) >= 11 is 0. The first-order valence-electron chi connectivity index (χ1n) is 5.70. The Morgan fingerprint density at radius 2 is 2.19 bits per heavy atom. The second-order valence-electron chi connectivity index (χ2n) is 4.10. The first kappa shape index (κ1) is 9.66. The molecule has 0 unspecified atom stereocenters. The van der Waals surface area contributed by atoms with Gasteiger partial charge in [-0.1, -0.05) is 6.07 Å². The van der Waals surface area contributed by atoms with Crippen molar-refractivity contribution in [2.75, 3.05) is 18.5 Å². The second kappa shape index (κ2) is 4.14. The standard InChI is InChI=1S/C12H15N3O/c1-2-11-13-6-7-15(11)12(3-1)14-10-4-8-16-9-5-10/h1-3,6-7,10,14H,4-5,8-9H2. The Hall–Kier alpha value is -1.55. The van der Waals surface area contributed by atoms with Gasteiger partial charge in [0, 0.05) is 31.6 Å². The fraction of sp³-hybridized carbons (Fsp3) is 0.417. The molecule has 0 atom stereocenters. The van der Waals surface area contributed by atoms with Crippen molar-refractivity contribution in [1.29, 1.82) is 0 Å². The van der Waals surface area contributed by atoms with E-state index in [4.69, 9.17) is 4.74 Å². The maximum absolute atomic E-state index is 5.35. The number of anilines is 1. The lowest BCUT2D eigenvalue weighted by Crippen LogP contribution is -2.28. The van der Waals surface area contributed by atoms with E-state index in [-0.39, 0.29) is 0 Å². The van der Waals surface area contributed by atoms with Crippen LogP contribution in [-0.4, -0.2) is 28.6 Å². The molecule has 0 spiro atoms. The zero-order valence-corrected chi connectivity index (χ0v) is 9.10. The van der Waals surface area contributed by atoms with Crippen LogP contribution in [0.25, 0.3) is 5.65 Å². The van der Waals surface area contributed by atoms with E-state index < -0.39 is 0 Å². The lowest BCUT2D eigenvalue weighted by atomic mass is 10.1. The Morgan fingerprint density at radius 1 is 1.31 bits per heavy atom. The van der Waals surface area contributed by atoms with Crippen LogP contribution in [0, 0.1) is 0 Å². The number of aromatic nitrogens is 2. The number of ether oxygens (including phenoxy) is 1. The zero-order valence-electron chi connectivity index (χ0n) is 9.10. The largest absolute Gasteiger partial charge is 0.381 e. The first-order valence-corrected chi connectivity index (χ1v) is 5.70. The molecule has 0 bridgehead atoms. The summed E-state index contributed by atoms with van der Waals surface area (Å²) in [5.74, 6) is 1.11. The third kappa shape index (κ3) is 1.76. The lowest BCUT2D eigenvalue weighted by Gasteiger charge is -2.24. The highest BCUT2D eigenvalue weighted by Gasteiger charge is 2.14. The van der Waals surface area contributed by atoms with Crippen molar-refractivity contribution in [3.05, 3.63) is 30.6 Å². The number of nitrogens with one attached hydrogen (secondary N) is 1. The predicted octanol–water partition coefficient (Wildman–Crippen LogP) is 1.93. The summed E-state index contributed by atoms with van der Waals surface area (Å²) in [5.41, 5.74) is 0.983. The van der Waals surface area contributed by atoms with Crippen LogP contribution in [0.4, 0.5) is 5.82 Å². The van der Waals surface area contributed by atoms with Crippen molar-refractivity contribution in [2.24, 2.45) is 0 Å². The highest BCUT2D eigenvalue weighted by atomic mass is 16.5. The fourth-order valence-corrected chi connectivity index (χ4v) is 2.12. The van der Waals surface area contributed by atoms with Gasteiger partial charge in [0.25, 0.3) is 0 Å². The second-order valence-corrected chi connectivity index (χ2v) is 4.10. The molecular weight excluding hydrogens is 202 g/mol. The highest BCUT2D eigenvalue weighted by Crippen LogP contribution is 2.16. The van der Waals surface area contributed by atoms with E-state index in [1.54, 1.807) is 0 Å². The molecule has 3 rings (SSSR count). The number of hydrogen-bond acceptors (Lipinski definition) is 3. The summed E-state index contributed by atoms with van der Waals surface area (Å²) < 4.78 is 7.43. The molecule has 2 aromatic rings. The molecule has 1 aliphatic heterocycles. The first-order chi connectivity index (χ1) is 7.93. The lowest BCUT2D eigenvalue weighted by molar-refractivity contribution is 0.0903.